The first-order valence-corrected chi connectivity index (χ1v) is 15.2. The smallest absolute Gasteiger partial charge is 0.135 e. The fraction of sp³-hybridized carbons (Fsp3) is 0.150. The van der Waals surface area contributed by atoms with Crippen molar-refractivity contribution in [1.82, 2.24) is 4.57 Å². The molecule has 0 bridgehead atoms. The highest BCUT2D eigenvalue weighted by Gasteiger charge is 2.30. The number of rotatable bonds is 1. The van der Waals surface area contributed by atoms with Crippen LogP contribution in [0.25, 0.3) is 66.1 Å². The summed E-state index contributed by atoms with van der Waals surface area (Å²) in [6, 6.07) is 33.9. The zero-order chi connectivity index (χ0) is 27.7. The van der Waals surface area contributed by atoms with Crippen LogP contribution in [0.1, 0.15) is 48.4 Å². The minimum atomic E-state index is 0.359. The van der Waals surface area contributed by atoms with E-state index in [-0.39, 0.29) is 0 Å². The van der Waals surface area contributed by atoms with Crippen molar-refractivity contribution < 1.29 is 4.42 Å². The van der Waals surface area contributed by atoms with Gasteiger partial charge in [0.1, 0.15) is 11.2 Å². The molecular formula is C40H29NO. The summed E-state index contributed by atoms with van der Waals surface area (Å²) in [4.78, 5) is 0. The van der Waals surface area contributed by atoms with Gasteiger partial charge in [0.05, 0.1) is 11.0 Å². The summed E-state index contributed by atoms with van der Waals surface area (Å²) in [6.07, 6.45) is 6.84. The Hall–Kier alpha value is -4.82. The molecule has 2 nitrogen and oxygen atoms in total. The predicted molar refractivity (Wildman–Crippen MR) is 175 cm³/mol. The van der Waals surface area contributed by atoms with Gasteiger partial charge in [0, 0.05) is 33.2 Å². The van der Waals surface area contributed by atoms with Crippen LogP contribution in [0.5, 0.6) is 0 Å². The Morgan fingerprint density at radius 2 is 1.57 bits per heavy atom. The van der Waals surface area contributed by atoms with Gasteiger partial charge in [0.25, 0.3) is 0 Å². The molecular weight excluding hydrogens is 510 g/mol. The number of aromatic nitrogens is 1. The average molecular weight is 540 g/mol. The van der Waals surface area contributed by atoms with E-state index in [1.807, 2.05) is 0 Å². The fourth-order valence-electron chi connectivity index (χ4n) is 8.30. The van der Waals surface area contributed by atoms with Crippen LogP contribution in [0, 0.1) is 5.92 Å². The van der Waals surface area contributed by atoms with E-state index in [0.29, 0.717) is 11.8 Å². The second-order valence-electron chi connectivity index (χ2n) is 12.6. The largest absolute Gasteiger partial charge is 0.456 e. The maximum atomic E-state index is 6.46. The molecule has 2 atom stereocenters. The Labute approximate surface area is 244 Å². The van der Waals surface area contributed by atoms with Crippen molar-refractivity contribution in [2.24, 2.45) is 5.92 Å². The predicted octanol–water partition coefficient (Wildman–Crippen LogP) is 10.7. The maximum Gasteiger partial charge on any atom is 0.135 e. The van der Waals surface area contributed by atoms with Crippen LogP contribution in [-0.4, -0.2) is 4.57 Å². The van der Waals surface area contributed by atoms with Crippen LogP contribution in [0.15, 0.2) is 113 Å². The zero-order valence-electron chi connectivity index (χ0n) is 23.7. The number of nitrogens with zero attached hydrogens (tertiary/aromatic N) is 1. The zero-order valence-corrected chi connectivity index (χ0v) is 23.7. The summed E-state index contributed by atoms with van der Waals surface area (Å²) in [6.45, 7) is 4.68. The van der Waals surface area contributed by atoms with Crippen LogP contribution in [0.3, 0.4) is 0 Å². The topological polar surface area (TPSA) is 18.1 Å². The summed E-state index contributed by atoms with van der Waals surface area (Å²) >= 11 is 0. The van der Waals surface area contributed by atoms with Crippen molar-refractivity contribution in [3.8, 4) is 16.8 Å². The van der Waals surface area contributed by atoms with E-state index in [0.717, 1.165) is 24.0 Å². The highest BCUT2D eigenvalue weighted by Crippen LogP contribution is 2.50. The molecule has 200 valence electrons. The quantitative estimate of drug-likeness (QED) is 0.203. The lowest BCUT2D eigenvalue weighted by molar-refractivity contribution is 0.668. The van der Waals surface area contributed by atoms with Crippen LogP contribution in [0.4, 0.5) is 0 Å². The molecule has 0 fully saturated rings. The van der Waals surface area contributed by atoms with E-state index < -0.39 is 0 Å². The number of furan rings is 1. The maximum absolute atomic E-state index is 6.46. The molecule has 5 aromatic carbocycles. The lowest BCUT2D eigenvalue weighted by Gasteiger charge is -2.15. The van der Waals surface area contributed by atoms with Crippen molar-refractivity contribution in [3.63, 3.8) is 0 Å². The molecule has 2 aromatic heterocycles. The van der Waals surface area contributed by atoms with E-state index in [9.17, 15) is 0 Å². The Morgan fingerprint density at radius 1 is 0.714 bits per heavy atom. The van der Waals surface area contributed by atoms with E-state index >= 15 is 0 Å². The molecule has 2 unspecified atom stereocenters. The molecule has 0 saturated heterocycles. The number of hydrogen-bond acceptors (Lipinski definition) is 1. The minimum absolute atomic E-state index is 0.359. The first kappa shape index (κ1) is 22.8. The second-order valence-corrected chi connectivity index (χ2v) is 12.6. The average Bonchev–Trinajstić information content (AvgIpc) is 3.73. The lowest BCUT2D eigenvalue weighted by Crippen LogP contribution is -1.98. The molecule has 0 N–H and O–H groups in total. The van der Waals surface area contributed by atoms with Gasteiger partial charge in [-0.3, -0.25) is 0 Å². The third-order valence-corrected chi connectivity index (χ3v) is 10.2. The SMILES string of the molecule is CC1C=CC2=C(C1)c1cc3c(cc1C2)oc1ccc(-n2c4ccccc4c4c5c(ccc42)-c2ccccc2C5C)cc13. The molecule has 0 spiro atoms. The third kappa shape index (κ3) is 2.85. The number of allylic oxidation sites excluding steroid dienone is 4. The Kier molecular flexibility index (Phi) is 4.30. The summed E-state index contributed by atoms with van der Waals surface area (Å²) < 4.78 is 8.92. The second kappa shape index (κ2) is 7.92. The molecule has 0 radical (unpaired) electrons. The van der Waals surface area contributed by atoms with Gasteiger partial charge in [-0.15, -0.1) is 0 Å². The lowest BCUT2D eigenvalue weighted by atomic mass is 9.90. The molecule has 7 aromatic rings. The van der Waals surface area contributed by atoms with Crippen LogP contribution in [0.2, 0.25) is 0 Å². The van der Waals surface area contributed by atoms with Crippen molar-refractivity contribution in [2.75, 3.05) is 0 Å². The number of benzene rings is 5. The third-order valence-electron chi connectivity index (χ3n) is 10.2. The molecule has 0 amide bonds. The van der Waals surface area contributed by atoms with Gasteiger partial charge in [0.2, 0.25) is 0 Å². The summed E-state index contributed by atoms with van der Waals surface area (Å²) in [5, 5.41) is 5.09. The monoisotopic (exact) mass is 539 g/mol. The van der Waals surface area contributed by atoms with E-state index in [2.05, 4.69) is 122 Å². The van der Waals surface area contributed by atoms with Gasteiger partial charge in [-0.05, 0) is 106 Å². The minimum Gasteiger partial charge on any atom is -0.456 e. The Bertz CT molecular complexity index is 2390. The summed E-state index contributed by atoms with van der Waals surface area (Å²) in [7, 11) is 0. The molecule has 10 rings (SSSR count). The molecule has 2 heterocycles. The first-order valence-electron chi connectivity index (χ1n) is 15.2. The number of fused-ring (bicyclic) bond motifs is 12. The summed E-state index contributed by atoms with van der Waals surface area (Å²) in [5.74, 6) is 0.948. The van der Waals surface area contributed by atoms with Crippen molar-refractivity contribution >= 4 is 49.3 Å². The van der Waals surface area contributed by atoms with Gasteiger partial charge in [-0.2, -0.15) is 0 Å². The van der Waals surface area contributed by atoms with E-state index in [4.69, 9.17) is 4.42 Å². The highest BCUT2D eigenvalue weighted by atomic mass is 16.3. The number of hydrogen-bond donors (Lipinski definition) is 0. The van der Waals surface area contributed by atoms with Crippen molar-refractivity contribution in [3.05, 3.63) is 131 Å². The molecule has 2 heteroatoms. The summed E-state index contributed by atoms with van der Waals surface area (Å²) in [5.41, 5.74) is 17.1. The molecule has 0 aliphatic heterocycles. The van der Waals surface area contributed by atoms with Crippen molar-refractivity contribution in [1.29, 1.82) is 0 Å². The van der Waals surface area contributed by atoms with Gasteiger partial charge >= 0.3 is 0 Å². The Morgan fingerprint density at radius 3 is 2.52 bits per heavy atom. The van der Waals surface area contributed by atoms with Crippen LogP contribution < -0.4 is 0 Å². The van der Waals surface area contributed by atoms with Crippen LogP contribution >= 0.6 is 0 Å². The van der Waals surface area contributed by atoms with Gasteiger partial charge < -0.3 is 8.98 Å². The normalized spacial score (nSPS) is 18.8. The van der Waals surface area contributed by atoms with Crippen LogP contribution in [-0.2, 0) is 6.42 Å². The Balaban J connectivity index is 1.22. The number of para-hydroxylation sites is 1. The molecule has 3 aliphatic carbocycles. The molecule has 42 heavy (non-hydrogen) atoms. The molecule has 3 aliphatic rings. The van der Waals surface area contributed by atoms with E-state index in [1.54, 1.807) is 0 Å². The van der Waals surface area contributed by atoms with Gasteiger partial charge in [-0.25, -0.2) is 0 Å². The molecule has 0 saturated carbocycles. The van der Waals surface area contributed by atoms with Gasteiger partial charge in [-0.1, -0.05) is 74.5 Å². The van der Waals surface area contributed by atoms with Gasteiger partial charge in [0.15, 0.2) is 0 Å². The van der Waals surface area contributed by atoms with Crippen molar-refractivity contribution in [2.45, 2.75) is 32.6 Å². The first-order chi connectivity index (χ1) is 20.6. The fourth-order valence-corrected chi connectivity index (χ4v) is 8.30. The van der Waals surface area contributed by atoms with E-state index in [1.165, 1.54) is 82.8 Å². The highest BCUT2D eigenvalue weighted by molar-refractivity contribution is 6.14. The standard InChI is InChI=1S/C40H29NO/c1-22-11-12-24-18-25-19-38-34(21-32(25)31(24)17-22)33-20-26(13-16-37(33)42-38)41-35-10-6-5-9-30(35)40-36(41)15-14-29-28-8-4-3-7-27(28)23(2)39(29)40/h3-16,19-23H,17-18H2,1-2H3.